The van der Waals surface area contributed by atoms with Crippen LogP contribution in [0.4, 0.5) is 0 Å². The molecule has 0 aliphatic heterocycles. The largest absolute Gasteiger partial charge is 0.306 e. The summed E-state index contributed by atoms with van der Waals surface area (Å²) in [5, 5.41) is 0. The van der Waals surface area contributed by atoms with Gasteiger partial charge >= 0.3 is 0 Å². The third kappa shape index (κ3) is 21.0. The maximum Gasteiger partial charge on any atom is 0.00891 e. The van der Waals surface area contributed by atoms with Gasteiger partial charge in [-0.05, 0) is 45.2 Å². The second kappa shape index (κ2) is 25.2. The molecule has 1 rings (SSSR count). The van der Waals surface area contributed by atoms with E-state index in [4.69, 9.17) is 0 Å². The molecule has 1 aliphatic carbocycles. The SMILES string of the molecule is CCCCCCCCCC1CC1CCCCCCCCCCCC(CCCCCCCCC)N(C)C. The first-order valence-corrected chi connectivity index (χ1v) is 17.3. The van der Waals surface area contributed by atoms with Crippen LogP contribution in [-0.2, 0) is 0 Å². The lowest BCUT2D eigenvalue weighted by molar-refractivity contribution is 0.251. The summed E-state index contributed by atoms with van der Waals surface area (Å²) >= 11 is 0. The van der Waals surface area contributed by atoms with Crippen LogP contribution in [-0.4, -0.2) is 25.0 Å². The molecule has 1 aliphatic rings. The van der Waals surface area contributed by atoms with Gasteiger partial charge in [0.25, 0.3) is 0 Å². The quantitative estimate of drug-likeness (QED) is 0.0913. The van der Waals surface area contributed by atoms with Crippen molar-refractivity contribution < 1.29 is 0 Å². The molecule has 0 aromatic heterocycles. The highest BCUT2D eigenvalue weighted by atomic mass is 15.1. The van der Waals surface area contributed by atoms with E-state index in [-0.39, 0.29) is 0 Å². The monoisotopic (exact) mass is 506 g/mol. The summed E-state index contributed by atoms with van der Waals surface area (Å²) < 4.78 is 0. The summed E-state index contributed by atoms with van der Waals surface area (Å²) in [5.41, 5.74) is 0. The van der Waals surface area contributed by atoms with E-state index >= 15 is 0 Å². The van der Waals surface area contributed by atoms with Crippen molar-refractivity contribution in [2.45, 2.75) is 200 Å². The summed E-state index contributed by atoms with van der Waals surface area (Å²) in [5.74, 6) is 2.25. The third-order valence-corrected chi connectivity index (χ3v) is 9.23. The highest BCUT2D eigenvalue weighted by Crippen LogP contribution is 2.45. The van der Waals surface area contributed by atoms with Gasteiger partial charge < -0.3 is 4.90 Å². The number of nitrogens with zero attached hydrogens (tertiary/aromatic N) is 1. The average Bonchev–Trinajstić information content (AvgIpc) is 3.62. The molecule has 3 unspecified atom stereocenters. The molecule has 0 aromatic carbocycles. The molecule has 0 aromatic rings. The van der Waals surface area contributed by atoms with E-state index in [0.717, 1.165) is 17.9 Å². The Morgan fingerprint density at radius 1 is 0.444 bits per heavy atom. The lowest BCUT2D eigenvalue weighted by Crippen LogP contribution is -2.27. The Morgan fingerprint density at radius 3 is 1.08 bits per heavy atom. The van der Waals surface area contributed by atoms with Gasteiger partial charge in [-0.1, -0.05) is 174 Å². The third-order valence-electron chi connectivity index (χ3n) is 9.23. The van der Waals surface area contributed by atoms with Crippen molar-refractivity contribution in [1.82, 2.24) is 4.90 Å². The molecule has 3 atom stereocenters. The second-order valence-electron chi connectivity index (χ2n) is 13.0. The minimum Gasteiger partial charge on any atom is -0.306 e. The minimum absolute atomic E-state index is 0.822. The molecule has 0 N–H and O–H groups in total. The predicted octanol–water partition coefficient (Wildman–Crippen LogP) is 12.1. The second-order valence-corrected chi connectivity index (χ2v) is 13.0. The first-order chi connectivity index (χ1) is 17.7. The normalized spacial score (nSPS) is 18.2. The van der Waals surface area contributed by atoms with Crippen molar-refractivity contribution in [2.75, 3.05) is 14.1 Å². The summed E-state index contributed by atoms with van der Waals surface area (Å²) in [6.45, 7) is 4.62. The van der Waals surface area contributed by atoms with Gasteiger partial charge in [0.1, 0.15) is 0 Å². The molecule has 1 nitrogen and oxygen atoms in total. The fraction of sp³-hybridized carbons (Fsp3) is 1.00. The van der Waals surface area contributed by atoms with Crippen LogP contribution in [0, 0.1) is 11.8 Å². The highest BCUT2D eigenvalue weighted by Gasteiger charge is 2.34. The number of hydrogen-bond donors (Lipinski definition) is 0. The molecule has 0 bridgehead atoms. The molecule has 0 saturated heterocycles. The lowest BCUT2D eigenvalue weighted by Gasteiger charge is -2.24. The Bertz CT molecular complexity index is 430. The van der Waals surface area contributed by atoms with Gasteiger partial charge in [-0.3, -0.25) is 0 Å². The average molecular weight is 506 g/mol. The van der Waals surface area contributed by atoms with Gasteiger partial charge in [0.05, 0.1) is 0 Å². The summed E-state index contributed by atoms with van der Waals surface area (Å²) in [6.07, 6.45) is 41.2. The summed E-state index contributed by atoms with van der Waals surface area (Å²) in [6, 6.07) is 0.822. The standard InChI is InChI=1S/C35H71N/c1-5-7-9-11-16-20-24-28-33-32-34(33)29-25-21-18-14-13-15-19-23-27-31-35(36(3)4)30-26-22-17-12-10-8-6-2/h33-35H,5-32H2,1-4H3. The Kier molecular flexibility index (Phi) is 23.8. The maximum atomic E-state index is 2.50. The van der Waals surface area contributed by atoms with Crippen LogP contribution >= 0.6 is 0 Å². The number of hydrogen-bond acceptors (Lipinski definition) is 1. The summed E-state index contributed by atoms with van der Waals surface area (Å²) in [4.78, 5) is 2.50. The predicted molar refractivity (Wildman–Crippen MR) is 165 cm³/mol. The van der Waals surface area contributed by atoms with Crippen molar-refractivity contribution in [3.63, 3.8) is 0 Å². The van der Waals surface area contributed by atoms with Crippen LogP contribution in [0.3, 0.4) is 0 Å². The van der Waals surface area contributed by atoms with Gasteiger partial charge in [0.2, 0.25) is 0 Å². The van der Waals surface area contributed by atoms with Crippen LogP contribution in [0.25, 0.3) is 0 Å². The van der Waals surface area contributed by atoms with Gasteiger partial charge in [-0.15, -0.1) is 0 Å². The van der Waals surface area contributed by atoms with Crippen molar-refractivity contribution in [1.29, 1.82) is 0 Å². The van der Waals surface area contributed by atoms with E-state index in [1.807, 2.05) is 0 Å². The molecule has 36 heavy (non-hydrogen) atoms. The van der Waals surface area contributed by atoms with E-state index in [1.54, 1.807) is 19.3 Å². The smallest absolute Gasteiger partial charge is 0.00891 e. The van der Waals surface area contributed by atoms with Crippen LogP contribution in [0.15, 0.2) is 0 Å². The summed E-state index contributed by atoms with van der Waals surface area (Å²) in [7, 11) is 4.59. The molecule has 0 radical (unpaired) electrons. The Balaban J connectivity index is 1.80. The molecular weight excluding hydrogens is 434 g/mol. The molecule has 0 spiro atoms. The Hall–Kier alpha value is -0.0400. The van der Waals surface area contributed by atoms with Crippen LogP contribution in [0.2, 0.25) is 0 Å². The number of rotatable bonds is 29. The number of unbranched alkanes of at least 4 members (excludes halogenated alkanes) is 20. The zero-order valence-corrected chi connectivity index (χ0v) is 26.0. The van der Waals surface area contributed by atoms with Crippen molar-refractivity contribution in [3.8, 4) is 0 Å². The Morgan fingerprint density at radius 2 is 0.750 bits per heavy atom. The minimum atomic E-state index is 0.822. The zero-order chi connectivity index (χ0) is 26.1. The van der Waals surface area contributed by atoms with E-state index < -0.39 is 0 Å². The highest BCUT2D eigenvalue weighted by molar-refractivity contribution is 4.85. The van der Waals surface area contributed by atoms with Crippen LogP contribution in [0.5, 0.6) is 0 Å². The topological polar surface area (TPSA) is 3.24 Å². The first kappa shape index (κ1) is 34.0. The van der Waals surface area contributed by atoms with Gasteiger partial charge in [-0.25, -0.2) is 0 Å². The molecule has 1 fully saturated rings. The Labute approximate surface area is 230 Å². The maximum absolute atomic E-state index is 2.50. The van der Waals surface area contributed by atoms with Gasteiger partial charge in [-0.2, -0.15) is 0 Å². The molecule has 216 valence electrons. The fourth-order valence-electron chi connectivity index (χ4n) is 6.40. The van der Waals surface area contributed by atoms with E-state index in [9.17, 15) is 0 Å². The molecule has 0 heterocycles. The fourth-order valence-corrected chi connectivity index (χ4v) is 6.40. The van der Waals surface area contributed by atoms with E-state index in [2.05, 4.69) is 32.8 Å². The van der Waals surface area contributed by atoms with Crippen LogP contribution < -0.4 is 0 Å². The van der Waals surface area contributed by atoms with E-state index in [1.165, 1.54) is 161 Å². The molecule has 1 saturated carbocycles. The van der Waals surface area contributed by atoms with Crippen molar-refractivity contribution >= 4 is 0 Å². The molecular formula is C35H71N. The molecule has 0 amide bonds. The van der Waals surface area contributed by atoms with Crippen molar-refractivity contribution in [3.05, 3.63) is 0 Å². The van der Waals surface area contributed by atoms with Crippen molar-refractivity contribution in [2.24, 2.45) is 11.8 Å². The van der Waals surface area contributed by atoms with E-state index in [0.29, 0.717) is 0 Å². The van der Waals surface area contributed by atoms with Gasteiger partial charge in [0.15, 0.2) is 0 Å². The first-order valence-electron chi connectivity index (χ1n) is 17.3. The zero-order valence-electron chi connectivity index (χ0n) is 26.0. The lowest BCUT2D eigenvalue weighted by atomic mass is 9.99. The van der Waals surface area contributed by atoms with Crippen LogP contribution in [0.1, 0.15) is 194 Å². The molecule has 1 heteroatoms. The van der Waals surface area contributed by atoms with Gasteiger partial charge in [0, 0.05) is 6.04 Å².